The summed E-state index contributed by atoms with van der Waals surface area (Å²) in [6.07, 6.45) is 13.7. The first-order valence-corrected chi connectivity index (χ1v) is 12.4. The number of allylic oxidation sites excluding steroid dienone is 1. The largest absolute Gasteiger partial charge is 0.494 e. The number of hydrogen-bond donors (Lipinski definition) is 0. The zero-order valence-corrected chi connectivity index (χ0v) is 19.4. The Hall–Kier alpha value is -2.00. The molecular weight excluding hydrogens is 388 g/mol. The zero-order chi connectivity index (χ0) is 21.4. The first kappa shape index (κ1) is 24.3. The summed E-state index contributed by atoms with van der Waals surface area (Å²) in [5.74, 6) is 2.03. The summed E-state index contributed by atoms with van der Waals surface area (Å²) >= 11 is 1.82. The monoisotopic (exact) mass is 424 g/mol. The van der Waals surface area contributed by atoms with Crippen molar-refractivity contribution in [3.8, 4) is 5.75 Å². The number of unbranched alkanes of at least 4 members (excludes halogenated alkanes) is 6. The van der Waals surface area contributed by atoms with Crippen LogP contribution in [0.2, 0.25) is 0 Å². The van der Waals surface area contributed by atoms with Gasteiger partial charge in [0.15, 0.2) is 5.78 Å². The Labute approximate surface area is 187 Å². The second-order valence-corrected chi connectivity index (χ2v) is 8.78. The molecule has 0 atom stereocenters. The van der Waals surface area contributed by atoms with Crippen molar-refractivity contribution < 1.29 is 9.53 Å². The highest BCUT2D eigenvalue weighted by atomic mass is 32.2. The van der Waals surface area contributed by atoms with Crippen molar-refractivity contribution in [1.29, 1.82) is 0 Å². The minimum atomic E-state index is 0.0290. The Morgan fingerprint density at radius 3 is 2.17 bits per heavy atom. The van der Waals surface area contributed by atoms with Gasteiger partial charge in [-0.15, -0.1) is 11.8 Å². The van der Waals surface area contributed by atoms with Crippen LogP contribution in [0.4, 0.5) is 0 Å². The van der Waals surface area contributed by atoms with Crippen LogP contribution >= 0.6 is 11.8 Å². The number of rotatable bonds is 15. The van der Waals surface area contributed by atoms with Gasteiger partial charge in [-0.1, -0.05) is 70.6 Å². The van der Waals surface area contributed by atoms with Crippen LogP contribution in [0.5, 0.6) is 5.75 Å². The molecule has 2 nitrogen and oxygen atoms in total. The maximum atomic E-state index is 12.4. The van der Waals surface area contributed by atoms with Crippen LogP contribution in [0.25, 0.3) is 6.08 Å². The van der Waals surface area contributed by atoms with Gasteiger partial charge in [-0.25, -0.2) is 0 Å². The van der Waals surface area contributed by atoms with Crippen molar-refractivity contribution in [2.45, 2.75) is 70.1 Å². The number of benzene rings is 2. The minimum Gasteiger partial charge on any atom is -0.494 e. The maximum absolute atomic E-state index is 12.4. The second-order valence-electron chi connectivity index (χ2n) is 7.61. The summed E-state index contributed by atoms with van der Waals surface area (Å²) in [5.41, 5.74) is 1.73. The van der Waals surface area contributed by atoms with E-state index in [0.717, 1.165) is 42.1 Å². The fraction of sp³-hybridized carbons (Fsp3) is 0.444. The summed E-state index contributed by atoms with van der Waals surface area (Å²) in [4.78, 5) is 13.6. The van der Waals surface area contributed by atoms with E-state index in [-0.39, 0.29) is 5.78 Å². The molecule has 0 fully saturated rings. The Balaban J connectivity index is 1.71. The Morgan fingerprint density at radius 2 is 1.50 bits per heavy atom. The van der Waals surface area contributed by atoms with Gasteiger partial charge in [0.05, 0.1) is 6.61 Å². The quantitative estimate of drug-likeness (QED) is 0.125. The molecule has 0 spiro atoms. The summed E-state index contributed by atoms with van der Waals surface area (Å²) in [7, 11) is 0. The molecule has 0 unspecified atom stereocenters. The molecule has 0 saturated heterocycles. The molecule has 0 aliphatic rings. The number of hydrogen-bond acceptors (Lipinski definition) is 3. The van der Waals surface area contributed by atoms with E-state index in [0.29, 0.717) is 0 Å². The number of ketones is 1. The van der Waals surface area contributed by atoms with Gasteiger partial charge in [0.2, 0.25) is 0 Å². The third-order valence-corrected chi connectivity index (χ3v) is 6.15. The third-order valence-electron chi connectivity index (χ3n) is 4.94. The highest BCUT2D eigenvalue weighted by molar-refractivity contribution is 7.99. The molecule has 2 aromatic rings. The summed E-state index contributed by atoms with van der Waals surface area (Å²) in [6.45, 7) is 5.19. The number of carbonyl (C=O) groups excluding carboxylic acids is 1. The van der Waals surface area contributed by atoms with E-state index in [1.807, 2.05) is 66.4 Å². The van der Waals surface area contributed by atoms with E-state index in [2.05, 4.69) is 13.8 Å². The van der Waals surface area contributed by atoms with E-state index >= 15 is 0 Å². The van der Waals surface area contributed by atoms with Crippen molar-refractivity contribution in [1.82, 2.24) is 0 Å². The molecule has 0 saturated carbocycles. The maximum Gasteiger partial charge on any atom is 0.185 e. The Bertz CT molecular complexity index is 747. The molecule has 0 aliphatic carbocycles. The van der Waals surface area contributed by atoms with Gasteiger partial charge in [0.1, 0.15) is 5.75 Å². The second kappa shape index (κ2) is 14.9. The molecule has 30 heavy (non-hydrogen) atoms. The molecule has 2 aromatic carbocycles. The van der Waals surface area contributed by atoms with Crippen LogP contribution < -0.4 is 4.74 Å². The van der Waals surface area contributed by atoms with Crippen molar-refractivity contribution >= 4 is 23.6 Å². The van der Waals surface area contributed by atoms with Gasteiger partial charge in [0.25, 0.3) is 0 Å². The number of thioether (sulfide) groups is 1. The van der Waals surface area contributed by atoms with Crippen LogP contribution in [0, 0.1) is 0 Å². The Morgan fingerprint density at radius 1 is 0.833 bits per heavy atom. The van der Waals surface area contributed by atoms with E-state index in [1.165, 1.54) is 43.4 Å². The van der Waals surface area contributed by atoms with Crippen LogP contribution in [0.1, 0.15) is 81.1 Å². The highest BCUT2D eigenvalue weighted by Gasteiger charge is 2.02. The van der Waals surface area contributed by atoms with Crippen LogP contribution in [0.3, 0.4) is 0 Å². The lowest BCUT2D eigenvalue weighted by molar-refractivity contribution is 0.104. The highest BCUT2D eigenvalue weighted by Crippen LogP contribution is 2.20. The zero-order valence-electron chi connectivity index (χ0n) is 18.6. The molecule has 2 rings (SSSR count). The summed E-state index contributed by atoms with van der Waals surface area (Å²) in [6, 6.07) is 15.8. The van der Waals surface area contributed by atoms with Gasteiger partial charge in [0, 0.05) is 10.5 Å². The predicted molar refractivity (Wildman–Crippen MR) is 131 cm³/mol. The van der Waals surface area contributed by atoms with Crippen molar-refractivity contribution in [3.05, 3.63) is 65.7 Å². The van der Waals surface area contributed by atoms with E-state index in [1.54, 1.807) is 6.08 Å². The number of ether oxygens (including phenoxy) is 1. The first-order valence-electron chi connectivity index (χ1n) is 11.4. The van der Waals surface area contributed by atoms with Crippen molar-refractivity contribution in [2.75, 3.05) is 12.4 Å². The molecule has 162 valence electrons. The minimum absolute atomic E-state index is 0.0290. The van der Waals surface area contributed by atoms with Gasteiger partial charge in [-0.2, -0.15) is 0 Å². The normalized spacial score (nSPS) is 11.1. The molecule has 0 N–H and O–H groups in total. The SMILES string of the molecule is CCCCCCCCCOc1ccc(C=CC(=O)c2ccc(SCCC)cc2)cc1. The number of carbonyl (C=O) groups is 1. The molecule has 0 aromatic heterocycles. The Kier molecular flexibility index (Phi) is 12.1. The molecule has 0 heterocycles. The lowest BCUT2D eigenvalue weighted by Crippen LogP contribution is -1.97. The van der Waals surface area contributed by atoms with E-state index in [9.17, 15) is 4.79 Å². The topological polar surface area (TPSA) is 26.3 Å². The van der Waals surface area contributed by atoms with Gasteiger partial charge in [-0.05, 0) is 66.6 Å². The standard InChI is InChI=1S/C27H36O2S/c1-3-5-6-7-8-9-10-21-29-25-16-11-23(12-17-25)13-20-27(28)24-14-18-26(19-15-24)30-22-4-2/h11-20H,3-10,21-22H2,1-2H3. The van der Waals surface area contributed by atoms with Crippen LogP contribution in [0.15, 0.2) is 59.5 Å². The molecule has 0 radical (unpaired) electrons. The van der Waals surface area contributed by atoms with Crippen molar-refractivity contribution in [3.63, 3.8) is 0 Å². The van der Waals surface area contributed by atoms with Gasteiger partial charge < -0.3 is 4.74 Å². The van der Waals surface area contributed by atoms with E-state index in [4.69, 9.17) is 4.74 Å². The fourth-order valence-electron chi connectivity index (χ4n) is 3.13. The average Bonchev–Trinajstić information content (AvgIpc) is 2.79. The summed E-state index contributed by atoms with van der Waals surface area (Å²) in [5, 5.41) is 0. The lowest BCUT2D eigenvalue weighted by atomic mass is 10.1. The smallest absolute Gasteiger partial charge is 0.185 e. The molecule has 0 bridgehead atoms. The molecule has 3 heteroatoms. The van der Waals surface area contributed by atoms with Gasteiger partial charge >= 0.3 is 0 Å². The fourth-order valence-corrected chi connectivity index (χ4v) is 3.90. The van der Waals surface area contributed by atoms with Crippen molar-refractivity contribution in [2.24, 2.45) is 0 Å². The molecule has 0 aliphatic heterocycles. The molecule has 0 amide bonds. The van der Waals surface area contributed by atoms with Crippen LogP contribution in [-0.2, 0) is 0 Å². The van der Waals surface area contributed by atoms with E-state index < -0.39 is 0 Å². The first-order chi connectivity index (χ1) is 14.7. The van der Waals surface area contributed by atoms with Gasteiger partial charge in [-0.3, -0.25) is 4.79 Å². The third kappa shape index (κ3) is 9.67. The predicted octanol–water partition coefficient (Wildman–Crippen LogP) is 8.21. The van der Waals surface area contributed by atoms with Crippen LogP contribution in [-0.4, -0.2) is 18.1 Å². The average molecular weight is 425 g/mol. The summed E-state index contributed by atoms with van der Waals surface area (Å²) < 4.78 is 5.83. The molecular formula is C27H36O2S. The lowest BCUT2D eigenvalue weighted by Gasteiger charge is -2.06.